The van der Waals surface area contributed by atoms with Crippen LogP contribution in [0.4, 0.5) is 0 Å². The van der Waals surface area contributed by atoms with Gasteiger partial charge in [-0.1, -0.05) is 31.1 Å². The van der Waals surface area contributed by atoms with Crippen LogP contribution in [0.5, 0.6) is 5.88 Å². The second-order valence-electron chi connectivity index (χ2n) is 5.35. The number of rotatable bonds is 3. The molecule has 5 heteroatoms. The first-order valence-electron chi connectivity index (χ1n) is 6.88. The first-order valence-corrected chi connectivity index (χ1v) is 6.88. The first kappa shape index (κ1) is 13.5. The van der Waals surface area contributed by atoms with Gasteiger partial charge in [-0.25, -0.2) is 4.98 Å². The van der Waals surface area contributed by atoms with E-state index in [1.807, 2.05) is 39.0 Å². The van der Waals surface area contributed by atoms with Gasteiger partial charge in [0.1, 0.15) is 0 Å². The third-order valence-corrected chi connectivity index (χ3v) is 3.31. The van der Waals surface area contributed by atoms with Gasteiger partial charge in [-0.2, -0.15) is 4.98 Å². The zero-order chi connectivity index (χ0) is 15.0. The lowest BCUT2D eigenvalue weighted by atomic mass is 10.1. The van der Waals surface area contributed by atoms with Gasteiger partial charge in [-0.05, 0) is 24.6 Å². The van der Waals surface area contributed by atoms with Crippen LogP contribution in [-0.4, -0.2) is 22.2 Å². The maximum absolute atomic E-state index is 5.38. The van der Waals surface area contributed by atoms with Gasteiger partial charge in [-0.15, -0.1) is 0 Å². The lowest BCUT2D eigenvalue weighted by Crippen LogP contribution is -1.95. The number of aromatic nitrogens is 3. The smallest absolute Gasteiger partial charge is 0.229 e. The van der Waals surface area contributed by atoms with Gasteiger partial charge >= 0.3 is 0 Å². The van der Waals surface area contributed by atoms with Crippen molar-refractivity contribution >= 4 is 10.9 Å². The summed E-state index contributed by atoms with van der Waals surface area (Å²) in [6.07, 6.45) is 0. The molecule has 5 nitrogen and oxygen atoms in total. The van der Waals surface area contributed by atoms with Gasteiger partial charge in [0.05, 0.1) is 18.2 Å². The zero-order valence-electron chi connectivity index (χ0n) is 12.5. The van der Waals surface area contributed by atoms with Gasteiger partial charge in [0.15, 0.2) is 0 Å². The van der Waals surface area contributed by atoms with Crippen LogP contribution in [0.1, 0.15) is 31.2 Å². The molecule has 0 saturated heterocycles. The second-order valence-corrected chi connectivity index (χ2v) is 5.35. The predicted molar refractivity (Wildman–Crippen MR) is 80.4 cm³/mol. The average Bonchev–Trinajstić information content (AvgIpc) is 2.95. The molecule has 108 valence electrons. The van der Waals surface area contributed by atoms with Crippen LogP contribution in [0.15, 0.2) is 28.8 Å². The zero-order valence-corrected chi connectivity index (χ0v) is 12.5. The van der Waals surface area contributed by atoms with Crippen molar-refractivity contribution in [3.05, 3.63) is 35.7 Å². The molecule has 0 amide bonds. The lowest BCUT2D eigenvalue weighted by molar-refractivity contribution is 0.365. The van der Waals surface area contributed by atoms with Crippen LogP contribution < -0.4 is 4.74 Å². The molecule has 0 fully saturated rings. The number of hydrogen-bond donors (Lipinski definition) is 0. The predicted octanol–water partition coefficient (Wildman–Crippen LogP) is 3.73. The highest BCUT2D eigenvalue weighted by Crippen LogP contribution is 2.30. The molecule has 0 unspecified atom stereocenters. The minimum absolute atomic E-state index is 0.188. The van der Waals surface area contributed by atoms with Crippen molar-refractivity contribution in [1.29, 1.82) is 0 Å². The van der Waals surface area contributed by atoms with Gasteiger partial charge < -0.3 is 9.26 Å². The van der Waals surface area contributed by atoms with Crippen molar-refractivity contribution in [2.75, 3.05) is 7.11 Å². The van der Waals surface area contributed by atoms with E-state index in [0.29, 0.717) is 17.6 Å². The van der Waals surface area contributed by atoms with Crippen LogP contribution in [-0.2, 0) is 0 Å². The van der Waals surface area contributed by atoms with Crippen LogP contribution in [0.25, 0.3) is 22.3 Å². The van der Waals surface area contributed by atoms with Crippen LogP contribution >= 0.6 is 0 Å². The standard InChI is InChI=1S/C16H17N3O2/c1-9(2)15-18-14(19-21-15)12-8-11-6-5-10(3)7-13(11)17-16(12)20-4/h5-9H,1-4H3. The SMILES string of the molecule is COc1nc2cc(C)ccc2cc1-c1noc(C(C)C)n1. The Balaban J connectivity index is 2.17. The molecule has 21 heavy (non-hydrogen) atoms. The van der Waals surface area contributed by atoms with E-state index in [0.717, 1.165) is 22.0 Å². The molecule has 0 aliphatic heterocycles. The number of nitrogens with zero attached hydrogens (tertiary/aromatic N) is 3. The Morgan fingerprint density at radius 3 is 2.62 bits per heavy atom. The number of ether oxygens (including phenoxy) is 1. The molecule has 3 aromatic rings. The van der Waals surface area contributed by atoms with E-state index in [1.165, 1.54) is 0 Å². The minimum Gasteiger partial charge on any atom is -0.480 e. The summed E-state index contributed by atoms with van der Waals surface area (Å²) in [5.41, 5.74) is 2.79. The van der Waals surface area contributed by atoms with E-state index in [1.54, 1.807) is 7.11 Å². The van der Waals surface area contributed by atoms with E-state index in [4.69, 9.17) is 9.26 Å². The molecule has 0 bridgehead atoms. The van der Waals surface area contributed by atoms with E-state index in [2.05, 4.69) is 21.2 Å². The summed E-state index contributed by atoms with van der Waals surface area (Å²) in [7, 11) is 1.59. The maximum Gasteiger partial charge on any atom is 0.229 e. The van der Waals surface area contributed by atoms with Gasteiger partial charge in [-0.3, -0.25) is 0 Å². The second kappa shape index (κ2) is 5.16. The lowest BCUT2D eigenvalue weighted by Gasteiger charge is -2.07. The highest BCUT2D eigenvalue weighted by Gasteiger charge is 2.17. The summed E-state index contributed by atoms with van der Waals surface area (Å²) in [5, 5.41) is 5.06. The molecule has 1 aromatic carbocycles. The molecule has 0 radical (unpaired) electrons. The van der Waals surface area contributed by atoms with Crippen LogP contribution in [0.2, 0.25) is 0 Å². The first-order chi connectivity index (χ1) is 10.1. The molecule has 0 aliphatic rings. The van der Waals surface area contributed by atoms with Gasteiger partial charge in [0.25, 0.3) is 0 Å². The third kappa shape index (κ3) is 2.46. The molecule has 0 N–H and O–H groups in total. The van der Waals surface area contributed by atoms with Crippen molar-refractivity contribution in [2.24, 2.45) is 0 Å². The monoisotopic (exact) mass is 283 g/mol. The Bertz CT molecular complexity index is 793. The fourth-order valence-electron chi connectivity index (χ4n) is 2.15. The van der Waals surface area contributed by atoms with Crippen molar-refractivity contribution in [3.8, 4) is 17.3 Å². The molecule has 2 aromatic heterocycles. The molecule has 2 heterocycles. The maximum atomic E-state index is 5.38. The number of aryl methyl sites for hydroxylation is 1. The third-order valence-electron chi connectivity index (χ3n) is 3.31. The van der Waals surface area contributed by atoms with E-state index >= 15 is 0 Å². The molecule has 0 spiro atoms. The summed E-state index contributed by atoms with van der Waals surface area (Å²) in [6, 6.07) is 8.09. The highest BCUT2D eigenvalue weighted by molar-refractivity contribution is 5.85. The Morgan fingerprint density at radius 1 is 1.14 bits per heavy atom. The summed E-state index contributed by atoms with van der Waals surface area (Å²) < 4.78 is 10.7. The number of methoxy groups -OCH3 is 1. The normalized spacial score (nSPS) is 11.3. The van der Waals surface area contributed by atoms with Crippen LogP contribution in [0, 0.1) is 6.92 Å². The quantitative estimate of drug-likeness (QED) is 0.733. The molecular weight excluding hydrogens is 266 g/mol. The minimum atomic E-state index is 0.188. The molecule has 0 saturated carbocycles. The number of benzene rings is 1. The molecule has 3 rings (SSSR count). The van der Waals surface area contributed by atoms with Crippen molar-refractivity contribution in [3.63, 3.8) is 0 Å². The molecular formula is C16H17N3O2. The van der Waals surface area contributed by atoms with E-state index in [-0.39, 0.29) is 5.92 Å². The van der Waals surface area contributed by atoms with E-state index < -0.39 is 0 Å². The Hall–Kier alpha value is -2.43. The Kier molecular flexibility index (Phi) is 3.33. The fourth-order valence-corrected chi connectivity index (χ4v) is 2.15. The largest absolute Gasteiger partial charge is 0.480 e. The van der Waals surface area contributed by atoms with Gasteiger partial charge in [0, 0.05) is 11.3 Å². The van der Waals surface area contributed by atoms with Crippen molar-refractivity contribution in [2.45, 2.75) is 26.7 Å². The summed E-state index contributed by atoms with van der Waals surface area (Å²) in [6.45, 7) is 6.06. The topological polar surface area (TPSA) is 61.0 Å². The van der Waals surface area contributed by atoms with Gasteiger partial charge in [0.2, 0.25) is 17.6 Å². The van der Waals surface area contributed by atoms with Crippen molar-refractivity contribution in [1.82, 2.24) is 15.1 Å². The summed E-state index contributed by atoms with van der Waals surface area (Å²) >= 11 is 0. The average molecular weight is 283 g/mol. The number of pyridine rings is 1. The van der Waals surface area contributed by atoms with E-state index in [9.17, 15) is 0 Å². The molecule has 0 atom stereocenters. The number of hydrogen-bond acceptors (Lipinski definition) is 5. The Morgan fingerprint density at radius 2 is 1.95 bits per heavy atom. The highest BCUT2D eigenvalue weighted by atomic mass is 16.5. The number of fused-ring (bicyclic) bond motifs is 1. The summed E-state index contributed by atoms with van der Waals surface area (Å²) in [5.74, 6) is 1.80. The Labute approximate surface area is 123 Å². The molecule has 0 aliphatic carbocycles. The van der Waals surface area contributed by atoms with Crippen LogP contribution in [0.3, 0.4) is 0 Å². The fraction of sp³-hybridized carbons (Fsp3) is 0.312. The summed E-state index contributed by atoms with van der Waals surface area (Å²) in [4.78, 5) is 8.96. The van der Waals surface area contributed by atoms with Crippen molar-refractivity contribution < 1.29 is 9.26 Å².